The first-order valence-electron chi connectivity index (χ1n) is 6.59. The van der Waals surface area contributed by atoms with E-state index in [1.807, 2.05) is 17.0 Å². The normalized spacial score (nSPS) is 16.8. The van der Waals surface area contributed by atoms with Crippen LogP contribution < -0.4 is 10.1 Å². The molecule has 0 aromatic heterocycles. The Bertz CT molecular complexity index is 435. The fourth-order valence-electron chi connectivity index (χ4n) is 2.10. The lowest BCUT2D eigenvalue weighted by Gasteiger charge is -2.24. The Balaban J connectivity index is 0.00000200. The summed E-state index contributed by atoms with van der Waals surface area (Å²) in [6.07, 6.45) is 0.461. The first-order valence-corrected chi connectivity index (χ1v) is 6.97. The lowest BCUT2D eigenvalue weighted by Crippen LogP contribution is -2.42. The lowest BCUT2D eigenvalue weighted by atomic mass is 10.3. The predicted molar refractivity (Wildman–Crippen MR) is 82.9 cm³/mol. The number of halogens is 2. The number of para-hydroxylation sites is 1. The van der Waals surface area contributed by atoms with Gasteiger partial charge in [-0.15, -0.1) is 12.4 Å². The molecule has 1 saturated heterocycles. The molecule has 1 aromatic rings. The van der Waals surface area contributed by atoms with Crippen LogP contribution in [0.25, 0.3) is 0 Å². The number of ether oxygens (including phenoxy) is 1. The minimum Gasteiger partial charge on any atom is -0.479 e. The Hall–Kier alpha value is -0.970. The van der Waals surface area contributed by atoms with Crippen LogP contribution in [0.3, 0.4) is 0 Å². The first kappa shape index (κ1) is 17.1. The Labute approximate surface area is 130 Å². The third-order valence-electron chi connectivity index (χ3n) is 3.14. The van der Waals surface area contributed by atoms with Gasteiger partial charge in [0.2, 0.25) is 0 Å². The Morgan fingerprint density at radius 1 is 1.35 bits per heavy atom. The van der Waals surface area contributed by atoms with Gasteiger partial charge >= 0.3 is 0 Å². The molecule has 1 aliphatic rings. The van der Waals surface area contributed by atoms with E-state index in [4.69, 9.17) is 16.3 Å². The lowest BCUT2D eigenvalue weighted by molar-refractivity contribution is -0.137. The second kappa shape index (κ2) is 8.35. The number of nitrogens with zero attached hydrogens (tertiary/aromatic N) is 1. The number of rotatable bonds is 3. The van der Waals surface area contributed by atoms with Crippen LogP contribution in [0.15, 0.2) is 24.3 Å². The molecule has 1 unspecified atom stereocenters. The highest BCUT2D eigenvalue weighted by molar-refractivity contribution is 6.32. The molecule has 1 aliphatic heterocycles. The van der Waals surface area contributed by atoms with Crippen LogP contribution in [0.5, 0.6) is 5.75 Å². The minimum absolute atomic E-state index is 0. The number of carbonyl (C=O) groups excluding carboxylic acids is 1. The summed E-state index contributed by atoms with van der Waals surface area (Å²) in [4.78, 5) is 14.1. The molecule has 112 valence electrons. The molecule has 0 saturated carbocycles. The molecule has 1 amide bonds. The Kier molecular flexibility index (Phi) is 7.13. The highest BCUT2D eigenvalue weighted by atomic mass is 35.5. The summed E-state index contributed by atoms with van der Waals surface area (Å²) in [5, 5.41) is 3.80. The van der Waals surface area contributed by atoms with E-state index in [1.54, 1.807) is 19.1 Å². The third kappa shape index (κ3) is 4.54. The molecule has 0 aliphatic carbocycles. The van der Waals surface area contributed by atoms with Gasteiger partial charge in [-0.05, 0) is 32.0 Å². The van der Waals surface area contributed by atoms with Crippen LogP contribution in [-0.2, 0) is 4.79 Å². The van der Waals surface area contributed by atoms with Gasteiger partial charge in [0.25, 0.3) is 5.91 Å². The van der Waals surface area contributed by atoms with Crippen molar-refractivity contribution < 1.29 is 9.53 Å². The van der Waals surface area contributed by atoms with Gasteiger partial charge in [-0.2, -0.15) is 0 Å². The largest absolute Gasteiger partial charge is 0.479 e. The summed E-state index contributed by atoms with van der Waals surface area (Å²) in [7, 11) is 0. The fourth-order valence-corrected chi connectivity index (χ4v) is 2.28. The van der Waals surface area contributed by atoms with Crippen LogP contribution in [0, 0.1) is 0 Å². The summed E-state index contributed by atoms with van der Waals surface area (Å²) in [5.74, 6) is 0.571. The minimum atomic E-state index is -0.516. The second-order valence-corrected chi connectivity index (χ2v) is 5.03. The Morgan fingerprint density at radius 3 is 2.85 bits per heavy atom. The Morgan fingerprint density at radius 2 is 2.10 bits per heavy atom. The highest BCUT2D eigenvalue weighted by Crippen LogP contribution is 2.24. The van der Waals surface area contributed by atoms with E-state index in [2.05, 4.69) is 5.32 Å². The van der Waals surface area contributed by atoms with Gasteiger partial charge in [0.1, 0.15) is 5.75 Å². The van der Waals surface area contributed by atoms with Gasteiger partial charge in [-0.25, -0.2) is 0 Å². The number of hydrogen-bond acceptors (Lipinski definition) is 3. The van der Waals surface area contributed by atoms with Crippen molar-refractivity contribution in [1.29, 1.82) is 0 Å². The van der Waals surface area contributed by atoms with Crippen molar-refractivity contribution in [2.45, 2.75) is 19.4 Å². The SMILES string of the molecule is CC(Oc1ccccc1Cl)C(=O)N1CCCNCC1.Cl. The van der Waals surface area contributed by atoms with Crippen molar-refractivity contribution >= 4 is 29.9 Å². The van der Waals surface area contributed by atoms with E-state index in [0.29, 0.717) is 10.8 Å². The first-order chi connectivity index (χ1) is 9.18. The monoisotopic (exact) mass is 318 g/mol. The van der Waals surface area contributed by atoms with E-state index < -0.39 is 6.10 Å². The van der Waals surface area contributed by atoms with Crippen molar-refractivity contribution in [2.24, 2.45) is 0 Å². The van der Waals surface area contributed by atoms with Gasteiger partial charge in [0.15, 0.2) is 6.10 Å². The highest BCUT2D eigenvalue weighted by Gasteiger charge is 2.23. The molecule has 1 N–H and O–H groups in total. The van der Waals surface area contributed by atoms with E-state index in [0.717, 1.165) is 32.6 Å². The molecule has 1 heterocycles. The van der Waals surface area contributed by atoms with Crippen LogP contribution in [0.4, 0.5) is 0 Å². The summed E-state index contributed by atoms with van der Waals surface area (Å²) in [6, 6.07) is 7.20. The van der Waals surface area contributed by atoms with E-state index in [-0.39, 0.29) is 18.3 Å². The molecule has 1 atom stereocenters. The average molecular weight is 319 g/mol. The summed E-state index contributed by atoms with van der Waals surface area (Å²) in [6.45, 7) is 5.08. The molecule has 20 heavy (non-hydrogen) atoms. The summed E-state index contributed by atoms with van der Waals surface area (Å²) < 4.78 is 5.66. The number of amides is 1. The molecular weight excluding hydrogens is 299 g/mol. The average Bonchev–Trinajstić information content (AvgIpc) is 2.69. The fraction of sp³-hybridized carbons (Fsp3) is 0.500. The molecule has 1 fully saturated rings. The molecule has 1 aromatic carbocycles. The number of hydrogen-bond donors (Lipinski definition) is 1. The molecule has 4 nitrogen and oxygen atoms in total. The predicted octanol–water partition coefficient (Wildman–Crippen LogP) is 2.35. The topological polar surface area (TPSA) is 41.6 Å². The van der Waals surface area contributed by atoms with Gasteiger partial charge in [-0.1, -0.05) is 23.7 Å². The molecule has 0 radical (unpaired) electrons. The van der Waals surface area contributed by atoms with Gasteiger partial charge < -0.3 is 15.0 Å². The van der Waals surface area contributed by atoms with Crippen LogP contribution >= 0.6 is 24.0 Å². The zero-order valence-electron chi connectivity index (χ0n) is 11.5. The number of benzene rings is 1. The van der Waals surface area contributed by atoms with Crippen molar-refractivity contribution in [3.05, 3.63) is 29.3 Å². The summed E-state index contributed by atoms with van der Waals surface area (Å²) >= 11 is 6.02. The van der Waals surface area contributed by atoms with Gasteiger partial charge in [-0.3, -0.25) is 4.79 Å². The zero-order valence-corrected chi connectivity index (χ0v) is 13.0. The van der Waals surface area contributed by atoms with Crippen LogP contribution in [0.2, 0.25) is 5.02 Å². The van der Waals surface area contributed by atoms with Crippen molar-refractivity contribution in [2.75, 3.05) is 26.2 Å². The smallest absolute Gasteiger partial charge is 0.263 e. The zero-order chi connectivity index (χ0) is 13.7. The standard InChI is InChI=1S/C14H19ClN2O2.ClH/c1-11(19-13-6-3-2-5-12(13)15)14(18)17-9-4-7-16-8-10-17;/h2-3,5-6,11,16H,4,7-10H2,1H3;1H. The van der Waals surface area contributed by atoms with Crippen LogP contribution in [-0.4, -0.2) is 43.1 Å². The van der Waals surface area contributed by atoms with Gasteiger partial charge in [0.05, 0.1) is 5.02 Å². The van der Waals surface area contributed by atoms with E-state index in [1.165, 1.54) is 0 Å². The number of carbonyl (C=O) groups is 1. The maximum Gasteiger partial charge on any atom is 0.263 e. The second-order valence-electron chi connectivity index (χ2n) is 4.62. The van der Waals surface area contributed by atoms with Gasteiger partial charge in [0, 0.05) is 19.6 Å². The van der Waals surface area contributed by atoms with Crippen molar-refractivity contribution in [1.82, 2.24) is 10.2 Å². The maximum atomic E-state index is 12.3. The molecule has 0 spiro atoms. The maximum absolute atomic E-state index is 12.3. The van der Waals surface area contributed by atoms with E-state index in [9.17, 15) is 4.79 Å². The molecule has 6 heteroatoms. The van der Waals surface area contributed by atoms with Crippen LogP contribution in [0.1, 0.15) is 13.3 Å². The molecule has 2 rings (SSSR count). The summed E-state index contributed by atoms with van der Waals surface area (Å²) in [5.41, 5.74) is 0. The molecular formula is C14H20Cl2N2O2. The van der Waals surface area contributed by atoms with Crippen molar-refractivity contribution in [3.63, 3.8) is 0 Å². The molecule has 0 bridgehead atoms. The third-order valence-corrected chi connectivity index (χ3v) is 3.45. The van der Waals surface area contributed by atoms with E-state index >= 15 is 0 Å². The quantitative estimate of drug-likeness (QED) is 0.930. The van der Waals surface area contributed by atoms with Crippen molar-refractivity contribution in [3.8, 4) is 5.75 Å². The number of nitrogens with one attached hydrogen (secondary N) is 1.